The zero-order valence-corrected chi connectivity index (χ0v) is 15.5. The van der Waals surface area contributed by atoms with Gasteiger partial charge in [0.05, 0.1) is 5.75 Å². The van der Waals surface area contributed by atoms with Gasteiger partial charge in [0.2, 0.25) is 15.9 Å². The number of carbonyl (C=O) groups is 1. The Labute approximate surface area is 145 Å². The molecule has 0 N–H and O–H groups in total. The standard InChI is InChI=1S/C18H28N2O3S/c1-3-15-24(22,23)20-12-4-11-19(13-14-20)18(21)10-9-17-7-5-16(2)6-8-17/h5-8H,3-4,9-15H2,1-2H3. The van der Waals surface area contributed by atoms with Gasteiger partial charge in [-0.3, -0.25) is 4.79 Å². The quantitative estimate of drug-likeness (QED) is 0.789. The van der Waals surface area contributed by atoms with Crippen LogP contribution < -0.4 is 0 Å². The fraction of sp³-hybridized carbons (Fsp3) is 0.611. The maximum absolute atomic E-state index is 12.4. The summed E-state index contributed by atoms with van der Waals surface area (Å²) in [7, 11) is -3.17. The van der Waals surface area contributed by atoms with E-state index in [2.05, 4.69) is 24.3 Å². The van der Waals surface area contributed by atoms with E-state index < -0.39 is 10.0 Å². The van der Waals surface area contributed by atoms with Crippen LogP contribution in [0.5, 0.6) is 0 Å². The van der Waals surface area contributed by atoms with Crippen LogP contribution in [0.4, 0.5) is 0 Å². The summed E-state index contributed by atoms with van der Waals surface area (Å²) in [5.74, 6) is 0.305. The first-order chi connectivity index (χ1) is 11.4. The molecule has 0 bridgehead atoms. The van der Waals surface area contributed by atoms with Crippen LogP contribution >= 0.6 is 0 Å². The number of nitrogens with zero attached hydrogens (tertiary/aromatic N) is 2. The first-order valence-electron chi connectivity index (χ1n) is 8.73. The van der Waals surface area contributed by atoms with Gasteiger partial charge in [0, 0.05) is 32.6 Å². The molecule has 2 rings (SSSR count). The molecule has 0 spiro atoms. The molecule has 6 heteroatoms. The monoisotopic (exact) mass is 352 g/mol. The first-order valence-corrected chi connectivity index (χ1v) is 10.3. The average Bonchev–Trinajstić information content (AvgIpc) is 2.80. The van der Waals surface area contributed by atoms with Crippen LogP contribution in [0.15, 0.2) is 24.3 Å². The SMILES string of the molecule is CCCS(=O)(=O)N1CCCN(C(=O)CCc2ccc(C)cc2)CC1. The topological polar surface area (TPSA) is 57.7 Å². The van der Waals surface area contributed by atoms with E-state index in [0.717, 1.165) is 12.0 Å². The largest absolute Gasteiger partial charge is 0.341 e. The van der Waals surface area contributed by atoms with Crippen LogP contribution in [0.3, 0.4) is 0 Å². The van der Waals surface area contributed by atoms with E-state index >= 15 is 0 Å². The van der Waals surface area contributed by atoms with Crippen molar-refractivity contribution in [1.29, 1.82) is 0 Å². The van der Waals surface area contributed by atoms with Crippen LogP contribution in [0, 0.1) is 6.92 Å². The zero-order valence-electron chi connectivity index (χ0n) is 14.7. The Balaban J connectivity index is 1.86. The Hall–Kier alpha value is -1.40. The summed E-state index contributed by atoms with van der Waals surface area (Å²) in [6, 6.07) is 8.23. The molecule has 1 aliphatic heterocycles. The lowest BCUT2D eigenvalue weighted by Gasteiger charge is -2.22. The molecule has 0 aliphatic carbocycles. The number of rotatable bonds is 6. The third kappa shape index (κ3) is 5.31. The van der Waals surface area contributed by atoms with Gasteiger partial charge >= 0.3 is 0 Å². The predicted molar refractivity (Wildman–Crippen MR) is 96.3 cm³/mol. The van der Waals surface area contributed by atoms with E-state index in [1.165, 1.54) is 5.56 Å². The van der Waals surface area contributed by atoms with Gasteiger partial charge in [0.25, 0.3) is 0 Å². The number of aryl methyl sites for hydroxylation is 2. The van der Waals surface area contributed by atoms with Crippen LogP contribution in [0.2, 0.25) is 0 Å². The summed E-state index contributed by atoms with van der Waals surface area (Å²) in [6.45, 7) is 5.99. The maximum atomic E-state index is 12.4. The summed E-state index contributed by atoms with van der Waals surface area (Å²) < 4.78 is 25.9. The lowest BCUT2D eigenvalue weighted by Crippen LogP contribution is -2.38. The van der Waals surface area contributed by atoms with E-state index in [1.54, 1.807) is 4.31 Å². The third-order valence-corrected chi connectivity index (χ3v) is 6.49. The molecule has 1 fully saturated rings. The summed E-state index contributed by atoms with van der Waals surface area (Å²) in [5.41, 5.74) is 2.38. The van der Waals surface area contributed by atoms with Crippen molar-refractivity contribution < 1.29 is 13.2 Å². The van der Waals surface area contributed by atoms with Crippen LogP contribution in [0.25, 0.3) is 0 Å². The van der Waals surface area contributed by atoms with Gasteiger partial charge in [-0.15, -0.1) is 0 Å². The van der Waals surface area contributed by atoms with E-state index in [1.807, 2.05) is 18.7 Å². The molecule has 1 aliphatic rings. The molecular weight excluding hydrogens is 324 g/mol. The predicted octanol–water partition coefficient (Wildman–Crippen LogP) is 2.20. The highest BCUT2D eigenvalue weighted by Gasteiger charge is 2.25. The molecule has 0 saturated carbocycles. The molecule has 1 saturated heterocycles. The van der Waals surface area contributed by atoms with Gasteiger partial charge in [-0.05, 0) is 31.7 Å². The number of benzene rings is 1. The molecule has 1 amide bonds. The minimum absolute atomic E-state index is 0.116. The molecule has 0 atom stereocenters. The van der Waals surface area contributed by atoms with Crippen molar-refractivity contribution in [2.75, 3.05) is 31.9 Å². The van der Waals surface area contributed by atoms with Gasteiger partial charge in [-0.25, -0.2) is 12.7 Å². The lowest BCUT2D eigenvalue weighted by molar-refractivity contribution is -0.131. The zero-order chi connectivity index (χ0) is 17.6. The molecule has 0 radical (unpaired) electrons. The Bertz CT molecular complexity index is 641. The number of carbonyl (C=O) groups excluding carboxylic acids is 1. The van der Waals surface area contributed by atoms with E-state index in [-0.39, 0.29) is 11.7 Å². The lowest BCUT2D eigenvalue weighted by atomic mass is 10.1. The average molecular weight is 353 g/mol. The Kier molecular flexibility index (Phi) is 6.80. The molecule has 0 unspecified atom stereocenters. The molecule has 0 aromatic heterocycles. The second kappa shape index (κ2) is 8.62. The highest BCUT2D eigenvalue weighted by molar-refractivity contribution is 7.89. The number of hydrogen-bond acceptors (Lipinski definition) is 3. The van der Waals surface area contributed by atoms with E-state index in [9.17, 15) is 13.2 Å². The first kappa shape index (κ1) is 18.9. The summed E-state index contributed by atoms with van der Waals surface area (Å²) in [4.78, 5) is 14.2. The molecule has 1 aromatic rings. The molecule has 1 heterocycles. The van der Waals surface area contributed by atoms with Crippen molar-refractivity contribution in [3.05, 3.63) is 35.4 Å². The van der Waals surface area contributed by atoms with Gasteiger partial charge in [-0.2, -0.15) is 0 Å². The van der Waals surface area contributed by atoms with Crippen LogP contribution in [-0.4, -0.2) is 55.5 Å². The maximum Gasteiger partial charge on any atom is 0.222 e. The molecular formula is C18H28N2O3S. The van der Waals surface area contributed by atoms with Gasteiger partial charge in [0.15, 0.2) is 0 Å². The summed E-state index contributed by atoms with van der Waals surface area (Å²) >= 11 is 0. The van der Waals surface area contributed by atoms with Crippen molar-refractivity contribution in [2.45, 2.75) is 39.5 Å². The van der Waals surface area contributed by atoms with Crippen molar-refractivity contribution in [1.82, 2.24) is 9.21 Å². The second-order valence-electron chi connectivity index (χ2n) is 6.43. The van der Waals surface area contributed by atoms with Crippen molar-refractivity contribution in [3.8, 4) is 0 Å². The van der Waals surface area contributed by atoms with E-state index in [0.29, 0.717) is 45.4 Å². The van der Waals surface area contributed by atoms with E-state index in [4.69, 9.17) is 0 Å². The minimum atomic E-state index is -3.17. The van der Waals surface area contributed by atoms with Gasteiger partial charge in [0.1, 0.15) is 0 Å². The fourth-order valence-corrected chi connectivity index (χ4v) is 4.51. The molecule has 24 heavy (non-hydrogen) atoms. The number of amides is 1. The Morgan fingerprint density at radius 1 is 1.08 bits per heavy atom. The Morgan fingerprint density at radius 3 is 2.46 bits per heavy atom. The summed E-state index contributed by atoms with van der Waals surface area (Å²) in [5, 5.41) is 0. The summed E-state index contributed by atoms with van der Waals surface area (Å²) in [6.07, 6.45) is 2.54. The highest BCUT2D eigenvalue weighted by atomic mass is 32.2. The smallest absolute Gasteiger partial charge is 0.222 e. The van der Waals surface area contributed by atoms with Crippen molar-refractivity contribution in [2.24, 2.45) is 0 Å². The minimum Gasteiger partial charge on any atom is -0.341 e. The van der Waals surface area contributed by atoms with Gasteiger partial charge in [-0.1, -0.05) is 36.8 Å². The van der Waals surface area contributed by atoms with Gasteiger partial charge < -0.3 is 4.90 Å². The second-order valence-corrected chi connectivity index (χ2v) is 8.52. The Morgan fingerprint density at radius 2 is 1.79 bits per heavy atom. The molecule has 1 aromatic carbocycles. The van der Waals surface area contributed by atoms with Crippen LogP contribution in [0.1, 0.15) is 37.3 Å². The third-order valence-electron chi connectivity index (χ3n) is 4.41. The van der Waals surface area contributed by atoms with Crippen molar-refractivity contribution in [3.63, 3.8) is 0 Å². The normalized spacial score (nSPS) is 16.8. The number of hydrogen-bond donors (Lipinski definition) is 0. The highest BCUT2D eigenvalue weighted by Crippen LogP contribution is 2.12. The molecule has 5 nitrogen and oxygen atoms in total. The van der Waals surface area contributed by atoms with Crippen molar-refractivity contribution >= 4 is 15.9 Å². The van der Waals surface area contributed by atoms with Crippen LogP contribution in [-0.2, 0) is 21.2 Å². The number of sulfonamides is 1. The fourth-order valence-electron chi connectivity index (χ4n) is 2.97. The molecule has 134 valence electrons.